The zero-order valence-corrected chi connectivity index (χ0v) is 12.4. The standard InChI is InChI=1S/C15H21ClN2O2/c16-14-12-13(4-3-10-18-8-1-2-9-18)5-6-15(14)20-11-7-17-19/h5-6,12H,1-4,7-11H2. The number of halogens is 1. The first-order chi connectivity index (χ1) is 9.79. The Morgan fingerprint density at radius 3 is 2.80 bits per heavy atom. The number of hydrogen-bond donors (Lipinski definition) is 0. The molecule has 0 bridgehead atoms. The second-order valence-corrected chi connectivity index (χ2v) is 5.53. The molecule has 1 saturated heterocycles. The van der Waals surface area contributed by atoms with E-state index in [0.717, 1.165) is 12.8 Å². The molecule has 20 heavy (non-hydrogen) atoms. The third-order valence-corrected chi connectivity index (χ3v) is 3.87. The molecule has 0 aliphatic carbocycles. The second kappa shape index (κ2) is 8.22. The number of likely N-dealkylation sites (tertiary alicyclic amines) is 1. The van der Waals surface area contributed by atoms with Crippen molar-refractivity contribution in [1.82, 2.24) is 4.90 Å². The van der Waals surface area contributed by atoms with E-state index in [2.05, 4.69) is 10.1 Å². The summed E-state index contributed by atoms with van der Waals surface area (Å²) in [6.07, 6.45) is 4.87. The summed E-state index contributed by atoms with van der Waals surface area (Å²) in [4.78, 5) is 12.5. The van der Waals surface area contributed by atoms with Crippen LogP contribution in [0.1, 0.15) is 24.8 Å². The lowest BCUT2D eigenvalue weighted by Gasteiger charge is -2.14. The van der Waals surface area contributed by atoms with Crippen molar-refractivity contribution < 1.29 is 4.74 Å². The molecule has 0 spiro atoms. The number of hydrogen-bond acceptors (Lipinski definition) is 4. The van der Waals surface area contributed by atoms with Crippen molar-refractivity contribution >= 4 is 11.6 Å². The molecule has 1 aromatic carbocycles. The average Bonchev–Trinajstić information content (AvgIpc) is 2.95. The van der Waals surface area contributed by atoms with Crippen LogP contribution in [-0.2, 0) is 6.42 Å². The zero-order chi connectivity index (χ0) is 14.2. The molecule has 1 aromatic rings. The maximum atomic E-state index is 9.99. The van der Waals surface area contributed by atoms with Crippen molar-refractivity contribution in [2.45, 2.75) is 25.7 Å². The molecule has 1 fully saturated rings. The highest BCUT2D eigenvalue weighted by atomic mass is 35.5. The highest BCUT2D eigenvalue weighted by Crippen LogP contribution is 2.26. The molecule has 0 saturated carbocycles. The van der Waals surface area contributed by atoms with Crippen molar-refractivity contribution in [3.8, 4) is 5.75 Å². The maximum absolute atomic E-state index is 9.99. The SMILES string of the molecule is O=NCCOc1ccc(CCCN2CCCC2)cc1Cl. The Labute approximate surface area is 125 Å². The Bertz CT molecular complexity index is 434. The van der Waals surface area contributed by atoms with Crippen molar-refractivity contribution in [3.05, 3.63) is 33.7 Å². The highest BCUT2D eigenvalue weighted by Gasteiger charge is 2.10. The van der Waals surface area contributed by atoms with Gasteiger partial charge in [-0.05, 0) is 63.0 Å². The monoisotopic (exact) mass is 296 g/mol. The van der Waals surface area contributed by atoms with Gasteiger partial charge in [0.05, 0.1) is 5.02 Å². The van der Waals surface area contributed by atoms with E-state index in [9.17, 15) is 4.91 Å². The summed E-state index contributed by atoms with van der Waals surface area (Å²) >= 11 is 6.17. The minimum Gasteiger partial charge on any atom is -0.490 e. The van der Waals surface area contributed by atoms with Gasteiger partial charge in [0.15, 0.2) is 0 Å². The van der Waals surface area contributed by atoms with E-state index in [0.29, 0.717) is 10.8 Å². The Balaban J connectivity index is 1.77. The van der Waals surface area contributed by atoms with Crippen LogP contribution in [0, 0.1) is 4.91 Å². The lowest BCUT2D eigenvalue weighted by Crippen LogP contribution is -2.20. The molecule has 0 aromatic heterocycles. The number of rotatable bonds is 8. The Hall–Kier alpha value is -1.13. The number of aryl methyl sites for hydroxylation is 1. The third-order valence-electron chi connectivity index (χ3n) is 3.57. The van der Waals surface area contributed by atoms with E-state index in [1.54, 1.807) is 0 Å². The molecule has 4 nitrogen and oxygen atoms in total. The van der Waals surface area contributed by atoms with Crippen LogP contribution in [0.25, 0.3) is 0 Å². The smallest absolute Gasteiger partial charge is 0.138 e. The average molecular weight is 297 g/mol. The Morgan fingerprint density at radius 2 is 2.10 bits per heavy atom. The fourth-order valence-corrected chi connectivity index (χ4v) is 2.78. The summed E-state index contributed by atoms with van der Waals surface area (Å²) in [5.41, 5.74) is 1.23. The molecule has 0 atom stereocenters. The van der Waals surface area contributed by atoms with Crippen LogP contribution in [0.5, 0.6) is 5.75 Å². The summed E-state index contributed by atoms with van der Waals surface area (Å²) in [6, 6.07) is 5.87. The molecular formula is C15H21ClN2O2. The number of nitrogens with zero attached hydrogens (tertiary/aromatic N) is 2. The third kappa shape index (κ3) is 4.76. The van der Waals surface area contributed by atoms with Gasteiger partial charge in [-0.15, -0.1) is 0 Å². The number of benzene rings is 1. The van der Waals surface area contributed by atoms with Gasteiger partial charge in [0.25, 0.3) is 0 Å². The van der Waals surface area contributed by atoms with Gasteiger partial charge in [-0.3, -0.25) is 0 Å². The van der Waals surface area contributed by atoms with Gasteiger partial charge in [-0.25, -0.2) is 0 Å². The van der Waals surface area contributed by atoms with Crippen molar-refractivity contribution in [2.24, 2.45) is 5.18 Å². The van der Waals surface area contributed by atoms with Gasteiger partial charge in [-0.1, -0.05) is 22.8 Å². The molecular weight excluding hydrogens is 276 g/mol. The van der Waals surface area contributed by atoms with Gasteiger partial charge >= 0.3 is 0 Å². The van der Waals surface area contributed by atoms with Crippen LogP contribution in [0.15, 0.2) is 23.4 Å². The van der Waals surface area contributed by atoms with Crippen LogP contribution >= 0.6 is 11.6 Å². The van der Waals surface area contributed by atoms with Crippen molar-refractivity contribution in [2.75, 3.05) is 32.8 Å². The molecule has 1 heterocycles. The minimum absolute atomic E-state index is 0.147. The summed E-state index contributed by atoms with van der Waals surface area (Å²) in [6.45, 7) is 4.09. The van der Waals surface area contributed by atoms with Gasteiger partial charge < -0.3 is 9.64 Å². The lowest BCUT2D eigenvalue weighted by atomic mass is 10.1. The number of ether oxygens (including phenoxy) is 1. The van der Waals surface area contributed by atoms with Crippen LogP contribution in [0.2, 0.25) is 5.02 Å². The van der Waals surface area contributed by atoms with Gasteiger partial charge in [0, 0.05) is 0 Å². The summed E-state index contributed by atoms with van der Waals surface area (Å²) in [7, 11) is 0. The first-order valence-electron chi connectivity index (χ1n) is 7.22. The molecule has 0 N–H and O–H groups in total. The fourth-order valence-electron chi connectivity index (χ4n) is 2.52. The van der Waals surface area contributed by atoms with E-state index in [4.69, 9.17) is 16.3 Å². The molecule has 2 rings (SSSR count). The van der Waals surface area contributed by atoms with E-state index >= 15 is 0 Å². The predicted octanol–water partition coefficient (Wildman–Crippen LogP) is 3.51. The van der Waals surface area contributed by atoms with Crippen molar-refractivity contribution in [3.63, 3.8) is 0 Å². The molecule has 5 heteroatoms. The summed E-state index contributed by atoms with van der Waals surface area (Å²) < 4.78 is 5.38. The first kappa shape index (κ1) is 15.3. The zero-order valence-electron chi connectivity index (χ0n) is 11.7. The first-order valence-corrected chi connectivity index (χ1v) is 7.60. The predicted molar refractivity (Wildman–Crippen MR) is 81.6 cm³/mol. The minimum atomic E-state index is 0.147. The van der Waals surface area contributed by atoms with E-state index < -0.39 is 0 Å². The van der Waals surface area contributed by atoms with Crippen LogP contribution in [-0.4, -0.2) is 37.7 Å². The summed E-state index contributed by atoms with van der Waals surface area (Å²) in [5, 5.41) is 3.36. The molecule has 110 valence electrons. The second-order valence-electron chi connectivity index (χ2n) is 5.12. The molecule has 0 radical (unpaired) electrons. The van der Waals surface area contributed by atoms with Crippen LogP contribution in [0.4, 0.5) is 0 Å². The van der Waals surface area contributed by atoms with E-state index in [-0.39, 0.29) is 13.2 Å². The van der Waals surface area contributed by atoms with Crippen LogP contribution in [0.3, 0.4) is 0 Å². The quantitative estimate of drug-likeness (QED) is 0.544. The van der Waals surface area contributed by atoms with Crippen molar-refractivity contribution in [1.29, 1.82) is 0 Å². The molecule has 1 aliphatic heterocycles. The lowest BCUT2D eigenvalue weighted by molar-refractivity contribution is 0.328. The van der Waals surface area contributed by atoms with Gasteiger partial charge in [0.2, 0.25) is 0 Å². The Morgan fingerprint density at radius 1 is 1.30 bits per heavy atom. The largest absolute Gasteiger partial charge is 0.490 e. The maximum Gasteiger partial charge on any atom is 0.138 e. The molecule has 0 unspecified atom stereocenters. The normalized spacial score (nSPS) is 15.4. The topological polar surface area (TPSA) is 41.9 Å². The van der Waals surface area contributed by atoms with E-state index in [1.165, 1.54) is 38.0 Å². The fraction of sp³-hybridized carbons (Fsp3) is 0.600. The molecule has 0 amide bonds. The Kier molecular flexibility index (Phi) is 6.27. The van der Waals surface area contributed by atoms with Gasteiger partial charge in [0.1, 0.15) is 18.9 Å². The highest BCUT2D eigenvalue weighted by molar-refractivity contribution is 6.32. The van der Waals surface area contributed by atoms with Gasteiger partial charge in [-0.2, -0.15) is 4.91 Å². The molecule has 1 aliphatic rings. The number of nitroso groups, excluding NO2 is 1. The van der Waals surface area contributed by atoms with Crippen LogP contribution < -0.4 is 4.74 Å². The summed E-state index contributed by atoms with van der Waals surface area (Å²) in [5.74, 6) is 0.624. The van der Waals surface area contributed by atoms with E-state index in [1.807, 2.05) is 18.2 Å².